The topological polar surface area (TPSA) is 32.8 Å². The number of ether oxygens (including phenoxy) is 1. The molecule has 2 saturated heterocycles. The number of amides is 1. The number of nitrogens with zero attached hydrogens (tertiary/aromatic N) is 2. The highest BCUT2D eigenvalue weighted by Gasteiger charge is 2.50. The van der Waals surface area contributed by atoms with Crippen molar-refractivity contribution in [2.24, 2.45) is 17.8 Å². The highest BCUT2D eigenvalue weighted by atomic mass is 16.5. The zero-order valence-electron chi connectivity index (χ0n) is 14.9. The molecule has 3 atom stereocenters. The molecule has 0 spiro atoms. The third-order valence-corrected chi connectivity index (χ3v) is 6.59. The van der Waals surface area contributed by atoms with Gasteiger partial charge in [-0.05, 0) is 44.1 Å². The summed E-state index contributed by atoms with van der Waals surface area (Å²) in [7, 11) is 0. The van der Waals surface area contributed by atoms with Crippen LogP contribution in [-0.4, -0.2) is 48.5 Å². The van der Waals surface area contributed by atoms with Gasteiger partial charge in [-0.1, -0.05) is 18.2 Å². The van der Waals surface area contributed by atoms with Gasteiger partial charge in [-0.15, -0.1) is 0 Å². The monoisotopic (exact) mass is 340 g/mol. The van der Waals surface area contributed by atoms with Crippen molar-refractivity contribution in [3.8, 4) is 5.75 Å². The first kappa shape index (κ1) is 15.7. The number of para-hydroxylation sites is 1. The molecule has 3 fully saturated rings. The Morgan fingerprint density at radius 1 is 1.12 bits per heavy atom. The first-order chi connectivity index (χ1) is 12.3. The van der Waals surface area contributed by atoms with Crippen LogP contribution in [-0.2, 0) is 4.79 Å². The van der Waals surface area contributed by atoms with Crippen LogP contribution < -0.4 is 4.74 Å². The molecule has 1 amide bonds. The summed E-state index contributed by atoms with van der Waals surface area (Å²) in [6.07, 6.45) is 6.31. The lowest BCUT2D eigenvalue weighted by Crippen LogP contribution is -2.43. The van der Waals surface area contributed by atoms with Gasteiger partial charge in [-0.2, -0.15) is 0 Å². The smallest absolute Gasteiger partial charge is 0.227 e. The minimum Gasteiger partial charge on any atom is -0.493 e. The molecule has 0 aromatic heterocycles. The summed E-state index contributed by atoms with van der Waals surface area (Å²) in [6.45, 7) is 4.66. The third kappa shape index (κ3) is 2.84. The van der Waals surface area contributed by atoms with Crippen LogP contribution in [0.25, 0.3) is 0 Å². The molecule has 0 unspecified atom stereocenters. The van der Waals surface area contributed by atoms with Crippen LogP contribution in [0.1, 0.15) is 43.7 Å². The number of fused-ring (bicyclic) bond motifs is 3. The number of benzene rings is 1. The summed E-state index contributed by atoms with van der Waals surface area (Å²) in [6, 6.07) is 8.82. The molecule has 0 bridgehead atoms. The van der Waals surface area contributed by atoms with Gasteiger partial charge in [0, 0.05) is 43.7 Å². The van der Waals surface area contributed by atoms with Crippen molar-refractivity contribution >= 4 is 5.91 Å². The molecule has 1 aromatic carbocycles. The van der Waals surface area contributed by atoms with Gasteiger partial charge in [-0.3, -0.25) is 9.69 Å². The lowest BCUT2D eigenvalue weighted by Gasteiger charge is -2.35. The fraction of sp³-hybridized carbons (Fsp3) is 0.667. The van der Waals surface area contributed by atoms with Gasteiger partial charge in [0.2, 0.25) is 5.91 Å². The molecule has 4 aliphatic rings. The van der Waals surface area contributed by atoms with E-state index in [1.165, 1.54) is 24.8 Å². The molecule has 1 aromatic rings. The van der Waals surface area contributed by atoms with E-state index in [-0.39, 0.29) is 5.92 Å². The van der Waals surface area contributed by atoms with Crippen LogP contribution in [0.15, 0.2) is 24.3 Å². The number of carbonyl (C=O) groups excluding carboxylic acids is 1. The molecule has 134 valence electrons. The number of likely N-dealkylation sites (tertiary alicyclic amines) is 2. The van der Waals surface area contributed by atoms with Crippen molar-refractivity contribution in [3.63, 3.8) is 0 Å². The highest BCUT2D eigenvalue weighted by molar-refractivity contribution is 5.80. The van der Waals surface area contributed by atoms with Crippen molar-refractivity contribution in [2.45, 2.75) is 38.1 Å². The zero-order valence-corrected chi connectivity index (χ0v) is 14.9. The second kappa shape index (κ2) is 6.31. The fourth-order valence-corrected chi connectivity index (χ4v) is 5.10. The standard InChI is InChI=1S/C21H28N2O2/c24-21(22-10-4-1-5-11-22)17-13-23(12-15-8-9-15)20-16-6-2-3-7-19(16)25-14-18(17)20/h2-3,6-7,15,17-18,20H,1,4-5,8-14H2/t17-,18+,20+/m1/s1. The molecule has 1 aliphatic carbocycles. The number of piperidine rings is 1. The maximum Gasteiger partial charge on any atom is 0.227 e. The molecular formula is C21H28N2O2. The molecule has 1 saturated carbocycles. The van der Waals surface area contributed by atoms with Crippen molar-refractivity contribution in [2.75, 3.05) is 32.8 Å². The van der Waals surface area contributed by atoms with E-state index in [2.05, 4.69) is 34.1 Å². The van der Waals surface area contributed by atoms with E-state index < -0.39 is 0 Å². The van der Waals surface area contributed by atoms with E-state index in [1.807, 2.05) is 0 Å². The quantitative estimate of drug-likeness (QED) is 0.848. The Labute approximate surface area is 150 Å². The predicted octanol–water partition coefficient (Wildman–Crippen LogP) is 3.09. The second-order valence-electron chi connectivity index (χ2n) is 8.35. The van der Waals surface area contributed by atoms with Crippen LogP contribution in [0.5, 0.6) is 5.75 Å². The average Bonchev–Trinajstić information content (AvgIpc) is 3.41. The summed E-state index contributed by atoms with van der Waals surface area (Å²) in [5.74, 6) is 2.67. The van der Waals surface area contributed by atoms with Crippen LogP contribution in [0.4, 0.5) is 0 Å². The summed E-state index contributed by atoms with van der Waals surface area (Å²) in [5.41, 5.74) is 1.30. The van der Waals surface area contributed by atoms with Crippen molar-refractivity contribution < 1.29 is 9.53 Å². The van der Waals surface area contributed by atoms with Crippen molar-refractivity contribution in [1.29, 1.82) is 0 Å². The van der Waals surface area contributed by atoms with Gasteiger partial charge in [-0.25, -0.2) is 0 Å². The third-order valence-electron chi connectivity index (χ3n) is 6.59. The Morgan fingerprint density at radius 3 is 2.72 bits per heavy atom. The minimum atomic E-state index is 0.107. The molecule has 0 N–H and O–H groups in total. The lowest BCUT2D eigenvalue weighted by atomic mass is 9.84. The predicted molar refractivity (Wildman–Crippen MR) is 96.4 cm³/mol. The molecule has 4 heteroatoms. The van der Waals surface area contributed by atoms with E-state index in [4.69, 9.17) is 4.74 Å². The summed E-state index contributed by atoms with van der Waals surface area (Å²) < 4.78 is 6.08. The molecule has 0 radical (unpaired) electrons. The summed E-state index contributed by atoms with van der Waals surface area (Å²) in [5, 5.41) is 0. The van der Waals surface area contributed by atoms with Gasteiger partial charge < -0.3 is 9.64 Å². The largest absolute Gasteiger partial charge is 0.493 e. The van der Waals surface area contributed by atoms with E-state index in [1.54, 1.807) is 0 Å². The van der Waals surface area contributed by atoms with E-state index in [9.17, 15) is 4.79 Å². The van der Waals surface area contributed by atoms with Crippen LogP contribution >= 0.6 is 0 Å². The minimum absolute atomic E-state index is 0.107. The zero-order chi connectivity index (χ0) is 16.8. The van der Waals surface area contributed by atoms with E-state index in [0.29, 0.717) is 24.5 Å². The normalized spacial score (nSPS) is 32.0. The van der Waals surface area contributed by atoms with Gasteiger partial charge in [0.15, 0.2) is 0 Å². The molecule has 3 heterocycles. The van der Waals surface area contributed by atoms with Crippen LogP contribution in [0.2, 0.25) is 0 Å². The first-order valence-corrected chi connectivity index (χ1v) is 10.1. The Hall–Kier alpha value is -1.55. The Balaban J connectivity index is 1.43. The average molecular weight is 340 g/mol. The molecular weight excluding hydrogens is 312 g/mol. The number of carbonyl (C=O) groups is 1. The second-order valence-corrected chi connectivity index (χ2v) is 8.35. The number of hydrogen-bond acceptors (Lipinski definition) is 3. The van der Waals surface area contributed by atoms with Crippen LogP contribution in [0.3, 0.4) is 0 Å². The molecule has 25 heavy (non-hydrogen) atoms. The highest BCUT2D eigenvalue weighted by Crippen LogP contribution is 2.49. The number of rotatable bonds is 3. The Morgan fingerprint density at radius 2 is 1.92 bits per heavy atom. The Kier molecular flexibility index (Phi) is 3.96. The maximum absolute atomic E-state index is 13.3. The van der Waals surface area contributed by atoms with Gasteiger partial charge in [0.25, 0.3) is 0 Å². The number of hydrogen-bond donors (Lipinski definition) is 0. The van der Waals surface area contributed by atoms with Crippen molar-refractivity contribution in [1.82, 2.24) is 9.80 Å². The van der Waals surface area contributed by atoms with Crippen molar-refractivity contribution in [3.05, 3.63) is 29.8 Å². The van der Waals surface area contributed by atoms with Gasteiger partial charge in [0.1, 0.15) is 5.75 Å². The SMILES string of the molecule is O=C([C@@H]1CN(CC2CC2)[C@H]2c3ccccc3OC[C@@H]12)N1CCCCC1. The lowest BCUT2D eigenvalue weighted by molar-refractivity contribution is -0.137. The fourth-order valence-electron chi connectivity index (χ4n) is 5.10. The first-order valence-electron chi connectivity index (χ1n) is 10.1. The molecule has 5 rings (SSSR count). The van der Waals surface area contributed by atoms with Gasteiger partial charge >= 0.3 is 0 Å². The summed E-state index contributed by atoms with van der Waals surface area (Å²) >= 11 is 0. The van der Waals surface area contributed by atoms with E-state index in [0.717, 1.165) is 50.7 Å². The summed E-state index contributed by atoms with van der Waals surface area (Å²) in [4.78, 5) is 18.0. The Bertz CT molecular complexity index is 651. The van der Waals surface area contributed by atoms with E-state index >= 15 is 0 Å². The van der Waals surface area contributed by atoms with Crippen LogP contribution in [0, 0.1) is 17.8 Å². The van der Waals surface area contributed by atoms with Gasteiger partial charge in [0.05, 0.1) is 12.5 Å². The molecule has 4 nitrogen and oxygen atoms in total. The maximum atomic E-state index is 13.3. The molecule has 3 aliphatic heterocycles.